The van der Waals surface area contributed by atoms with E-state index >= 15 is 0 Å². The Morgan fingerprint density at radius 3 is 3.04 bits per heavy atom. The van der Waals surface area contributed by atoms with E-state index in [1.165, 1.54) is 25.5 Å². The lowest BCUT2D eigenvalue weighted by atomic mass is 10.1. The third-order valence-corrected chi connectivity index (χ3v) is 5.29. The molecule has 1 saturated heterocycles. The molecule has 7 heteroatoms. The summed E-state index contributed by atoms with van der Waals surface area (Å²) in [7, 11) is 1.79. The molecule has 2 heterocycles. The highest BCUT2D eigenvalue weighted by Gasteiger charge is 2.34. The van der Waals surface area contributed by atoms with Gasteiger partial charge in [0.15, 0.2) is 12.8 Å². The molecule has 2 N–H and O–H groups in total. The number of fused-ring (bicyclic) bond motifs is 1. The average Bonchev–Trinajstić information content (AvgIpc) is 3.40. The van der Waals surface area contributed by atoms with E-state index in [0.29, 0.717) is 25.6 Å². The summed E-state index contributed by atoms with van der Waals surface area (Å²) in [6.45, 7) is 3.56. The number of halogens is 1. The summed E-state index contributed by atoms with van der Waals surface area (Å²) in [6.07, 6.45) is 4.53. The number of ether oxygens (including phenoxy) is 2. The molecule has 0 amide bonds. The van der Waals surface area contributed by atoms with Crippen LogP contribution in [0.3, 0.4) is 0 Å². The lowest BCUT2D eigenvalue weighted by Gasteiger charge is -2.21. The molecule has 1 atom stereocenters. The van der Waals surface area contributed by atoms with Crippen molar-refractivity contribution in [2.45, 2.75) is 44.4 Å². The molecule has 0 spiro atoms. The fourth-order valence-corrected chi connectivity index (χ4v) is 3.82. The highest BCUT2D eigenvalue weighted by molar-refractivity contribution is 5.80. The van der Waals surface area contributed by atoms with Gasteiger partial charge in [0.05, 0.1) is 6.61 Å². The van der Waals surface area contributed by atoms with E-state index in [9.17, 15) is 4.39 Å². The Kier molecular flexibility index (Phi) is 5.26. The third kappa shape index (κ3) is 4.10. The maximum atomic E-state index is 13.8. The zero-order valence-corrected chi connectivity index (χ0v) is 15.3. The molecule has 1 saturated carbocycles. The summed E-state index contributed by atoms with van der Waals surface area (Å²) in [5.74, 6) is 1.32. The minimum Gasteiger partial charge on any atom is -0.467 e. The van der Waals surface area contributed by atoms with Crippen molar-refractivity contribution in [3.63, 3.8) is 0 Å². The lowest BCUT2D eigenvalue weighted by molar-refractivity contribution is -0.0172. The number of aliphatic imine (C=N–C) groups is 1. The molecule has 3 aliphatic rings. The fourth-order valence-electron chi connectivity index (χ4n) is 3.82. The standard InChI is InChI=1S/C19H27FN4O2/c1-21-19(23-16-5-7-24(10-16)17-2-3-17)22-6-4-13-8-15(20)9-14-11-25-12-26-18(13)14/h8-9,16-17H,2-7,10-12H2,1H3,(H2,21,22,23). The summed E-state index contributed by atoms with van der Waals surface area (Å²) in [4.78, 5) is 6.90. The predicted molar refractivity (Wildman–Crippen MR) is 97.9 cm³/mol. The molecule has 0 radical (unpaired) electrons. The number of nitrogens with one attached hydrogen (secondary N) is 2. The first-order valence-corrected chi connectivity index (χ1v) is 9.46. The maximum Gasteiger partial charge on any atom is 0.191 e. The first-order chi connectivity index (χ1) is 12.7. The summed E-state index contributed by atoms with van der Waals surface area (Å²) in [6, 6.07) is 4.30. The van der Waals surface area contributed by atoms with Gasteiger partial charge in [-0.05, 0) is 43.4 Å². The Hall–Kier alpha value is -1.86. The smallest absolute Gasteiger partial charge is 0.191 e. The van der Waals surface area contributed by atoms with Crippen LogP contribution in [-0.4, -0.2) is 56.4 Å². The number of hydrogen-bond acceptors (Lipinski definition) is 4. The molecule has 4 rings (SSSR count). The van der Waals surface area contributed by atoms with Crippen LogP contribution < -0.4 is 15.4 Å². The minimum absolute atomic E-state index is 0.224. The van der Waals surface area contributed by atoms with E-state index < -0.39 is 0 Å². The normalized spacial score (nSPS) is 23.5. The SMILES string of the molecule is CN=C(NCCc1cc(F)cc2c1OCOC2)NC1CCN(C2CC2)C1. The van der Waals surface area contributed by atoms with Gasteiger partial charge >= 0.3 is 0 Å². The van der Waals surface area contributed by atoms with Gasteiger partial charge in [0.1, 0.15) is 11.6 Å². The Morgan fingerprint density at radius 2 is 2.23 bits per heavy atom. The van der Waals surface area contributed by atoms with E-state index in [1.54, 1.807) is 13.1 Å². The number of likely N-dealkylation sites (tertiary alicyclic amines) is 1. The molecule has 26 heavy (non-hydrogen) atoms. The van der Waals surface area contributed by atoms with Crippen molar-refractivity contribution < 1.29 is 13.9 Å². The van der Waals surface area contributed by atoms with Gasteiger partial charge in [0.2, 0.25) is 0 Å². The van der Waals surface area contributed by atoms with Crippen LogP contribution >= 0.6 is 0 Å². The quantitative estimate of drug-likeness (QED) is 0.616. The van der Waals surface area contributed by atoms with Crippen molar-refractivity contribution in [2.24, 2.45) is 4.99 Å². The van der Waals surface area contributed by atoms with Gasteiger partial charge in [-0.25, -0.2) is 4.39 Å². The second-order valence-electron chi connectivity index (χ2n) is 7.27. The van der Waals surface area contributed by atoms with Crippen molar-refractivity contribution in [1.82, 2.24) is 15.5 Å². The third-order valence-electron chi connectivity index (χ3n) is 5.29. The number of benzene rings is 1. The van der Waals surface area contributed by atoms with Crippen LogP contribution in [0.1, 0.15) is 30.4 Å². The Labute approximate surface area is 153 Å². The van der Waals surface area contributed by atoms with Gasteiger partial charge in [0, 0.05) is 44.3 Å². The van der Waals surface area contributed by atoms with Crippen LogP contribution in [0.15, 0.2) is 17.1 Å². The summed E-state index contributed by atoms with van der Waals surface area (Å²) < 4.78 is 24.6. The molecule has 6 nitrogen and oxygen atoms in total. The van der Waals surface area contributed by atoms with Crippen LogP contribution in [0, 0.1) is 5.82 Å². The van der Waals surface area contributed by atoms with Crippen LogP contribution in [0.25, 0.3) is 0 Å². The summed E-state index contributed by atoms with van der Waals surface area (Å²) in [5.41, 5.74) is 1.65. The predicted octanol–water partition coefficient (Wildman–Crippen LogP) is 1.64. The van der Waals surface area contributed by atoms with E-state index in [0.717, 1.165) is 41.8 Å². The van der Waals surface area contributed by atoms with Gasteiger partial charge < -0.3 is 20.1 Å². The largest absolute Gasteiger partial charge is 0.467 e. The highest BCUT2D eigenvalue weighted by atomic mass is 19.1. The minimum atomic E-state index is -0.249. The average molecular weight is 362 g/mol. The number of rotatable bonds is 5. The molecule has 1 aromatic carbocycles. The topological polar surface area (TPSA) is 58.1 Å². The van der Waals surface area contributed by atoms with Gasteiger partial charge in [-0.3, -0.25) is 9.89 Å². The Morgan fingerprint density at radius 1 is 1.35 bits per heavy atom. The second-order valence-corrected chi connectivity index (χ2v) is 7.27. The van der Waals surface area contributed by atoms with Crippen molar-refractivity contribution >= 4 is 5.96 Å². The molecule has 0 aromatic heterocycles. The van der Waals surface area contributed by atoms with Crippen LogP contribution in [0.2, 0.25) is 0 Å². The number of nitrogens with zero attached hydrogens (tertiary/aromatic N) is 2. The van der Waals surface area contributed by atoms with E-state index in [2.05, 4.69) is 20.5 Å². The van der Waals surface area contributed by atoms with E-state index in [1.807, 2.05) is 0 Å². The molecule has 142 valence electrons. The zero-order valence-electron chi connectivity index (χ0n) is 15.3. The van der Waals surface area contributed by atoms with Crippen molar-refractivity contribution in [3.05, 3.63) is 29.1 Å². The zero-order chi connectivity index (χ0) is 17.9. The molecule has 2 aliphatic heterocycles. The lowest BCUT2D eigenvalue weighted by Crippen LogP contribution is -2.45. The number of hydrogen-bond donors (Lipinski definition) is 2. The second kappa shape index (κ2) is 7.80. The van der Waals surface area contributed by atoms with Crippen LogP contribution in [-0.2, 0) is 17.8 Å². The highest BCUT2D eigenvalue weighted by Crippen LogP contribution is 2.30. The van der Waals surface area contributed by atoms with Gasteiger partial charge in [-0.2, -0.15) is 0 Å². The van der Waals surface area contributed by atoms with Crippen molar-refractivity contribution in [3.8, 4) is 5.75 Å². The molecular weight excluding hydrogens is 335 g/mol. The van der Waals surface area contributed by atoms with Gasteiger partial charge in [-0.1, -0.05) is 0 Å². The molecule has 1 unspecified atom stereocenters. The molecule has 0 bridgehead atoms. The number of guanidine groups is 1. The summed E-state index contributed by atoms with van der Waals surface area (Å²) >= 11 is 0. The molecule has 1 aliphatic carbocycles. The van der Waals surface area contributed by atoms with Gasteiger partial charge in [-0.15, -0.1) is 0 Å². The first kappa shape index (κ1) is 17.5. The van der Waals surface area contributed by atoms with Crippen LogP contribution in [0.5, 0.6) is 5.75 Å². The summed E-state index contributed by atoms with van der Waals surface area (Å²) in [5, 5.41) is 6.85. The molecule has 2 fully saturated rings. The van der Waals surface area contributed by atoms with Crippen molar-refractivity contribution in [1.29, 1.82) is 0 Å². The van der Waals surface area contributed by atoms with Crippen LogP contribution in [0.4, 0.5) is 4.39 Å². The maximum absolute atomic E-state index is 13.8. The van der Waals surface area contributed by atoms with Gasteiger partial charge in [0.25, 0.3) is 0 Å². The Balaban J connectivity index is 1.29. The molecule has 1 aromatic rings. The van der Waals surface area contributed by atoms with E-state index in [-0.39, 0.29) is 12.6 Å². The van der Waals surface area contributed by atoms with E-state index in [4.69, 9.17) is 9.47 Å². The first-order valence-electron chi connectivity index (χ1n) is 9.46. The fraction of sp³-hybridized carbons (Fsp3) is 0.632. The Bertz CT molecular complexity index is 678. The monoisotopic (exact) mass is 362 g/mol. The van der Waals surface area contributed by atoms with Crippen molar-refractivity contribution in [2.75, 3.05) is 33.5 Å². The molecular formula is C19H27FN4O2.